The van der Waals surface area contributed by atoms with Gasteiger partial charge in [0.25, 0.3) is 0 Å². The van der Waals surface area contributed by atoms with E-state index in [9.17, 15) is 14.4 Å². The Labute approximate surface area is 183 Å². The molecule has 2 saturated heterocycles. The van der Waals surface area contributed by atoms with Crippen molar-refractivity contribution in [3.8, 4) is 0 Å². The van der Waals surface area contributed by atoms with Crippen molar-refractivity contribution in [1.82, 2.24) is 4.90 Å². The fourth-order valence-corrected chi connectivity index (χ4v) is 6.16. The summed E-state index contributed by atoms with van der Waals surface area (Å²) in [5.74, 6) is -0.993. The zero-order valence-corrected chi connectivity index (χ0v) is 18.8. The first-order valence-corrected chi connectivity index (χ1v) is 11.2. The third-order valence-electron chi connectivity index (χ3n) is 7.63. The zero-order valence-electron chi connectivity index (χ0n) is 18.8. The number of ether oxygens (including phenoxy) is 4. The van der Waals surface area contributed by atoms with Gasteiger partial charge >= 0.3 is 17.9 Å². The van der Waals surface area contributed by atoms with Crippen molar-refractivity contribution < 1.29 is 33.3 Å². The third-order valence-corrected chi connectivity index (χ3v) is 7.63. The van der Waals surface area contributed by atoms with Crippen molar-refractivity contribution in [2.75, 3.05) is 33.9 Å². The average Bonchev–Trinajstić information content (AvgIpc) is 3.43. The number of hydrogen-bond donors (Lipinski definition) is 0. The van der Waals surface area contributed by atoms with Crippen molar-refractivity contribution in [2.24, 2.45) is 23.2 Å². The summed E-state index contributed by atoms with van der Waals surface area (Å²) in [6.45, 7) is 5.44. The lowest BCUT2D eigenvalue weighted by Crippen LogP contribution is -2.57. The Balaban J connectivity index is 1.48. The van der Waals surface area contributed by atoms with E-state index in [-0.39, 0.29) is 48.0 Å². The maximum Gasteiger partial charge on any atom is 0.331 e. The maximum absolute atomic E-state index is 12.6. The Bertz CT molecular complexity index is 774. The molecule has 4 fully saturated rings. The summed E-state index contributed by atoms with van der Waals surface area (Å²) in [5.41, 5.74) is -0.520. The van der Waals surface area contributed by atoms with Crippen molar-refractivity contribution in [3.05, 3.63) is 12.2 Å². The Morgan fingerprint density at radius 3 is 2.61 bits per heavy atom. The standard InChI is InChI=1S/C23H33NO7/c1-5-28-19(25)6-7-20(26)31-18-8-9-22(2)11-16-14(10-17(22)23(18)13-29-23)15(12-24(3)4)21(27)30-16/h6-7,14-18H,5,8-13H2,1-4H3/b7-6+/t14-,15+,16-,17-,18-,22-,23+/m1/s1. The first-order valence-electron chi connectivity index (χ1n) is 11.2. The van der Waals surface area contributed by atoms with Crippen LogP contribution in [0.5, 0.6) is 0 Å². The number of rotatable bonds is 6. The summed E-state index contributed by atoms with van der Waals surface area (Å²) in [4.78, 5) is 38.4. The van der Waals surface area contributed by atoms with Gasteiger partial charge in [-0.15, -0.1) is 0 Å². The van der Waals surface area contributed by atoms with Crippen LogP contribution in [0.15, 0.2) is 12.2 Å². The molecule has 172 valence electrons. The van der Waals surface area contributed by atoms with Crippen LogP contribution in [0.4, 0.5) is 0 Å². The lowest BCUT2D eigenvalue weighted by Gasteiger charge is -2.53. The van der Waals surface area contributed by atoms with Crippen LogP contribution in [0.25, 0.3) is 0 Å². The number of epoxide rings is 1. The van der Waals surface area contributed by atoms with E-state index in [2.05, 4.69) is 6.92 Å². The largest absolute Gasteiger partial charge is 0.463 e. The van der Waals surface area contributed by atoms with Gasteiger partial charge in [-0.25, -0.2) is 9.59 Å². The smallest absolute Gasteiger partial charge is 0.331 e. The molecule has 0 N–H and O–H groups in total. The normalized spacial score (nSPS) is 41.1. The van der Waals surface area contributed by atoms with Crippen LogP contribution >= 0.6 is 0 Å². The summed E-state index contributed by atoms with van der Waals surface area (Å²) in [6, 6.07) is 0. The van der Waals surface area contributed by atoms with Crippen molar-refractivity contribution >= 4 is 17.9 Å². The van der Waals surface area contributed by atoms with Crippen molar-refractivity contribution in [3.63, 3.8) is 0 Å². The molecule has 0 radical (unpaired) electrons. The van der Waals surface area contributed by atoms with Crippen molar-refractivity contribution in [1.29, 1.82) is 0 Å². The highest BCUT2D eigenvalue weighted by Crippen LogP contribution is 2.63. The molecule has 7 atom stereocenters. The van der Waals surface area contributed by atoms with Crippen LogP contribution in [0.1, 0.15) is 39.5 Å². The molecule has 0 unspecified atom stereocenters. The van der Waals surface area contributed by atoms with Gasteiger partial charge in [-0.05, 0) is 58.0 Å². The summed E-state index contributed by atoms with van der Waals surface area (Å²) in [7, 11) is 3.94. The van der Waals surface area contributed by atoms with Crippen LogP contribution in [-0.4, -0.2) is 74.5 Å². The van der Waals surface area contributed by atoms with E-state index in [4.69, 9.17) is 18.9 Å². The zero-order chi connectivity index (χ0) is 22.4. The molecular weight excluding hydrogens is 402 g/mol. The average molecular weight is 436 g/mol. The second-order valence-electron chi connectivity index (χ2n) is 9.95. The molecule has 4 rings (SSSR count). The number of esters is 3. The van der Waals surface area contributed by atoms with E-state index in [1.54, 1.807) is 6.92 Å². The van der Waals surface area contributed by atoms with Gasteiger partial charge in [-0.1, -0.05) is 6.92 Å². The summed E-state index contributed by atoms with van der Waals surface area (Å²) in [5, 5.41) is 0. The Hall–Kier alpha value is -1.93. The predicted molar refractivity (Wildman–Crippen MR) is 110 cm³/mol. The highest BCUT2D eigenvalue weighted by molar-refractivity contribution is 5.91. The molecule has 4 aliphatic rings. The first kappa shape index (κ1) is 22.3. The van der Waals surface area contributed by atoms with Crippen LogP contribution in [0.2, 0.25) is 0 Å². The minimum absolute atomic E-state index is 0.0192. The van der Waals surface area contributed by atoms with Crippen LogP contribution < -0.4 is 0 Å². The van der Waals surface area contributed by atoms with E-state index in [1.165, 1.54) is 0 Å². The second-order valence-corrected chi connectivity index (χ2v) is 9.95. The van der Waals surface area contributed by atoms with Gasteiger partial charge < -0.3 is 23.8 Å². The molecule has 2 saturated carbocycles. The molecule has 2 aliphatic carbocycles. The molecule has 0 amide bonds. The van der Waals surface area contributed by atoms with E-state index in [0.29, 0.717) is 19.6 Å². The number of carbonyl (C=O) groups excluding carboxylic acids is 3. The van der Waals surface area contributed by atoms with Gasteiger partial charge in [-0.2, -0.15) is 0 Å². The van der Waals surface area contributed by atoms with Gasteiger partial charge in [0.1, 0.15) is 17.8 Å². The summed E-state index contributed by atoms with van der Waals surface area (Å²) < 4.78 is 22.4. The van der Waals surface area contributed by atoms with E-state index in [1.807, 2.05) is 19.0 Å². The Morgan fingerprint density at radius 2 is 1.97 bits per heavy atom. The molecule has 8 nitrogen and oxygen atoms in total. The van der Waals surface area contributed by atoms with E-state index < -0.39 is 17.5 Å². The molecule has 2 aliphatic heterocycles. The molecule has 2 heterocycles. The topological polar surface area (TPSA) is 94.7 Å². The van der Waals surface area contributed by atoms with E-state index in [0.717, 1.165) is 31.4 Å². The Morgan fingerprint density at radius 1 is 1.26 bits per heavy atom. The van der Waals surface area contributed by atoms with Gasteiger partial charge in [0.05, 0.1) is 19.1 Å². The number of fused-ring (bicyclic) bond motifs is 3. The molecule has 8 heteroatoms. The predicted octanol–water partition coefficient (Wildman–Crippen LogP) is 1.72. The molecule has 0 bridgehead atoms. The summed E-state index contributed by atoms with van der Waals surface area (Å²) >= 11 is 0. The molecule has 1 spiro atoms. The minimum Gasteiger partial charge on any atom is -0.463 e. The third kappa shape index (κ3) is 4.12. The highest BCUT2D eigenvalue weighted by atomic mass is 16.6. The molecule has 0 aromatic heterocycles. The van der Waals surface area contributed by atoms with Gasteiger partial charge in [-0.3, -0.25) is 4.79 Å². The lowest BCUT2D eigenvalue weighted by atomic mass is 9.52. The second kappa shape index (κ2) is 8.20. The fourth-order valence-electron chi connectivity index (χ4n) is 6.16. The number of carbonyl (C=O) groups is 3. The molecular formula is C23H33NO7. The minimum atomic E-state index is -0.566. The quantitative estimate of drug-likeness (QED) is 0.269. The molecule has 0 aromatic carbocycles. The fraction of sp³-hybridized carbons (Fsp3) is 0.783. The van der Waals surface area contributed by atoms with Crippen LogP contribution in [0.3, 0.4) is 0 Å². The number of hydrogen-bond acceptors (Lipinski definition) is 8. The maximum atomic E-state index is 12.6. The first-order chi connectivity index (χ1) is 14.7. The number of nitrogens with zero attached hydrogens (tertiary/aromatic N) is 1. The molecule has 31 heavy (non-hydrogen) atoms. The van der Waals surface area contributed by atoms with Gasteiger partial charge in [0.2, 0.25) is 0 Å². The molecule has 0 aromatic rings. The summed E-state index contributed by atoms with van der Waals surface area (Å²) in [6.07, 6.45) is 5.05. The van der Waals surface area contributed by atoms with Crippen LogP contribution in [0, 0.1) is 23.2 Å². The monoisotopic (exact) mass is 435 g/mol. The highest BCUT2D eigenvalue weighted by Gasteiger charge is 2.69. The Kier molecular flexibility index (Phi) is 5.89. The SMILES string of the molecule is CCOC(=O)/C=C/C(=O)O[C@@H]1CC[C@]2(C)C[C@H]3OC(=O)[C@@H](CN(C)C)[C@H]3C[C@H]2[C@@]12CO2. The van der Waals surface area contributed by atoms with Crippen molar-refractivity contribution in [2.45, 2.75) is 57.3 Å². The van der Waals surface area contributed by atoms with Gasteiger partial charge in [0, 0.05) is 24.6 Å². The van der Waals surface area contributed by atoms with Crippen LogP contribution in [-0.2, 0) is 33.3 Å². The van der Waals surface area contributed by atoms with E-state index >= 15 is 0 Å². The lowest BCUT2D eigenvalue weighted by molar-refractivity contribution is -0.165. The van der Waals surface area contributed by atoms with Gasteiger partial charge in [0.15, 0.2) is 0 Å².